The van der Waals surface area contributed by atoms with Crippen LogP contribution in [0.1, 0.15) is 31.9 Å². The molecule has 0 fully saturated rings. The standard InChI is InChI=1S/C24H29N3O4/c1-4-30-21-12-17-10-11-26(14-18(17)13-22(21)31-5-2)16(3)24(29)27-15-23(28)25-19-8-6-7-9-20(19)27/h6-9,12-13,16H,4-5,10-11,14-15H2,1-3H3,(H,25,28)/p+1/t16-/m0/s1. The third-order valence-electron chi connectivity index (χ3n) is 6.02. The van der Waals surface area contributed by atoms with Crippen LogP contribution in [0.5, 0.6) is 11.5 Å². The Kier molecular flexibility index (Phi) is 6.13. The number of carbonyl (C=O) groups excluding carboxylic acids is 2. The number of hydrogen-bond donors (Lipinski definition) is 2. The number of amides is 2. The second kappa shape index (κ2) is 8.98. The lowest BCUT2D eigenvalue weighted by molar-refractivity contribution is -0.929. The number of rotatable bonds is 6. The first-order chi connectivity index (χ1) is 15.0. The molecule has 2 atom stereocenters. The zero-order valence-corrected chi connectivity index (χ0v) is 18.4. The molecule has 2 aliphatic rings. The number of benzene rings is 2. The van der Waals surface area contributed by atoms with E-state index in [0.717, 1.165) is 36.7 Å². The van der Waals surface area contributed by atoms with Crippen molar-refractivity contribution >= 4 is 23.2 Å². The van der Waals surface area contributed by atoms with Gasteiger partial charge in [0.1, 0.15) is 13.1 Å². The number of anilines is 2. The van der Waals surface area contributed by atoms with Crippen molar-refractivity contribution in [3.63, 3.8) is 0 Å². The summed E-state index contributed by atoms with van der Waals surface area (Å²) >= 11 is 0. The molecule has 2 N–H and O–H groups in total. The molecular formula is C24H30N3O4+. The third-order valence-corrected chi connectivity index (χ3v) is 6.02. The Hall–Kier alpha value is -3.06. The summed E-state index contributed by atoms with van der Waals surface area (Å²) in [5.41, 5.74) is 3.88. The van der Waals surface area contributed by atoms with Crippen molar-refractivity contribution in [1.29, 1.82) is 0 Å². The van der Waals surface area contributed by atoms with Gasteiger partial charge >= 0.3 is 0 Å². The van der Waals surface area contributed by atoms with Crippen LogP contribution in [0.2, 0.25) is 0 Å². The summed E-state index contributed by atoms with van der Waals surface area (Å²) in [6, 6.07) is 11.3. The van der Waals surface area contributed by atoms with Gasteiger partial charge in [-0.15, -0.1) is 0 Å². The van der Waals surface area contributed by atoms with Crippen LogP contribution < -0.4 is 24.6 Å². The molecule has 7 nitrogen and oxygen atoms in total. The Balaban J connectivity index is 1.55. The van der Waals surface area contributed by atoms with Crippen LogP contribution in [-0.2, 0) is 22.6 Å². The van der Waals surface area contributed by atoms with Gasteiger partial charge < -0.3 is 19.7 Å². The first kappa shape index (κ1) is 21.2. The van der Waals surface area contributed by atoms with Crippen molar-refractivity contribution in [2.24, 2.45) is 0 Å². The molecule has 0 aliphatic carbocycles. The van der Waals surface area contributed by atoms with Gasteiger partial charge in [-0.2, -0.15) is 0 Å². The quantitative estimate of drug-likeness (QED) is 0.742. The van der Waals surface area contributed by atoms with Gasteiger partial charge in [-0.1, -0.05) is 12.1 Å². The fourth-order valence-electron chi connectivity index (χ4n) is 4.41. The number of hydrogen-bond acceptors (Lipinski definition) is 4. The van der Waals surface area contributed by atoms with E-state index in [2.05, 4.69) is 17.4 Å². The van der Waals surface area contributed by atoms with Gasteiger partial charge in [0.15, 0.2) is 17.5 Å². The third kappa shape index (κ3) is 4.23. The summed E-state index contributed by atoms with van der Waals surface area (Å²) in [4.78, 5) is 28.4. The van der Waals surface area contributed by atoms with Crippen molar-refractivity contribution in [1.82, 2.24) is 0 Å². The fourth-order valence-corrected chi connectivity index (χ4v) is 4.41. The average Bonchev–Trinajstić information content (AvgIpc) is 2.78. The zero-order valence-electron chi connectivity index (χ0n) is 18.4. The van der Waals surface area contributed by atoms with E-state index in [-0.39, 0.29) is 24.4 Å². The van der Waals surface area contributed by atoms with Crippen LogP contribution >= 0.6 is 0 Å². The molecule has 0 bridgehead atoms. The number of nitrogens with zero attached hydrogens (tertiary/aromatic N) is 1. The van der Waals surface area contributed by atoms with Crippen LogP contribution in [0.15, 0.2) is 36.4 Å². The monoisotopic (exact) mass is 424 g/mol. The highest BCUT2D eigenvalue weighted by Crippen LogP contribution is 2.32. The van der Waals surface area contributed by atoms with Crippen molar-refractivity contribution < 1.29 is 24.0 Å². The Morgan fingerprint density at radius 3 is 2.52 bits per heavy atom. The normalized spacial score (nSPS) is 18.5. The minimum Gasteiger partial charge on any atom is -0.490 e. The lowest BCUT2D eigenvalue weighted by Crippen LogP contribution is -3.16. The smallest absolute Gasteiger partial charge is 0.285 e. The number of fused-ring (bicyclic) bond motifs is 2. The maximum atomic E-state index is 13.4. The average molecular weight is 425 g/mol. The van der Waals surface area contributed by atoms with E-state index in [9.17, 15) is 9.59 Å². The predicted molar refractivity (Wildman–Crippen MR) is 119 cm³/mol. The van der Waals surface area contributed by atoms with Crippen LogP contribution in [0, 0.1) is 0 Å². The molecular weight excluding hydrogens is 394 g/mol. The molecule has 2 heterocycles. The number of nitrogens with one attached hydrogen (secondary N) is 2. The summed E-state index contributed by atoms with van der Waals surface area (Å²) < 4.78 is 11.6. The summed E-state index contributed by atoms with van der Waals surface area (Å²) in [5.74, 6) is 1.34. The van der Waals surface area contributed by atoms with Crippen LogP contribution in [0.3, 0.4) is 0 Å². The Morgan fingerprint density at radius 1 is 1.13 bits per heavy atom. The maximum Gasteiger partial charge on any atom is 0.285 e. The van der Waals surface area contributed by atoms with Gasteiger partial charge in [-0.3, -0.25) is 14.5 Å². The molecule has 0 saturated carbocycles. The van der Waals surface area contributed by atoms with Gasteiger partial charge in [-0.05, 0) is 50.6 Å². The first-order valence-corrected chi connectivity index (χ1v) is 11.0. The van der Waals surface area contributed by atoms with E-state index in [4.69, 9.17) is 9.47 Å². The molecule has 164 valence electrons. The zero-order chi connectivity index (χ0) is 22.0. The van der Waals surface area contributed by atoms with Crippen molar-refractivity contribution in [3.05, 3.63) is 47.5 Å². The van der Waals surface area contributed by atoms with E-state index >= 15 is 0 Å². The highest BCUT2D eigenvalue weighted by atomic mass is 16.5. The van der Waals surface area contributed by atoms with E-state index < -0.39 is 0 Å². The van der Waals surface area contributed by atoms with E-state index in [0.29, 0.717) is 18.9 Å². The van der Waals surface area contributed by atoms with Crippen LogP contribution in [0.4, 0.5) is 11.4 Å². The molecule has 0 saturated heterocycles. The van der Waals surface area contributed by atoms with Gasteiger partial charge in [-0.25, -0.2) is 0 Å². The molecule has 2 aliphatic heterocycles. The fraction of sp³-hybridized carbons (Fsp3) is 0.417. The van der Waals surface area contributed by atoms with Gasteiger partial charge in [0.05, 0.1) is 31.1 Å². The summed E-state index contributed by atoms with van der Waals surface area (Å²) in [7, 11) is 0. The highest BCUT2D eigenvalue weighted by molar-refractivity contribution is 6.10. The molecule has 7 heteroatoms. The van der Waals surface area contributed by atoms with Crippen molar-refractivity contribution in [3.8, 4) is 11.5 Å². The van der Waals surface area contributed by atoms with Crippen molar-refractivity contribution in [2.45, 2.75) is 39.8 Å². The summed E-state index contributed by atoms with van der Waals surface area (Å²) in [5, 5.41) is 2.84. The molecule has 2 aromatic rings. The maximum absolute atomic E-state index is 13.4. The number of quaternary nitrogens is 1. The Morgan fingerprint density at radius 2 is 1.81 bits per heavy atom. The molecule has 2 aromatic carbocycles. The van der Waals surface area contributed by atoms with Gasteiger partial charge in [0, 0.05) is 12.0 Å². The van der Waals surface area contributed by atoms with Crippen LogP contribution in [-0.4, -0.2) is 44.2 Å². The molecule has 2 amide bonds. The molecule has 4 rings (SSSR count). The van der Waals surface area contributed by atoms with Crippen molar-refractivity contribution in [2.75, 3.05) is 36.5 Å². The topological polar surface area (TPSA) is 72.3 Å². The Labute approximate surface area is 182 Å². The number of carbonyl (C=O) groups is 2. The summed E-state index contributed by atoms with van der Waals surface area (Å²) in [6.45, 7) is 8.67. The lowest BCUT2D eigenvalue weighted by atomic mass is 9.97. The SMILES string of the molecule is CCOc1cc2c(cc1OCC)C[NH+]([C@@H](C)C(=O)N1CC(=O)Nc3ccccc31)CC2. The largest absolute Gasteiger partial charge is 0.490 e. The Bertz CT molecular complexity index is 991. The molecule has 31 heavy (non-hydrogen) atoms. The van der Waals surface area contributed by atoms with Gasteiger partial charge in [0.25, 0.3) is 5.91 Å². The summed E-state index contributed by atoms with van der Waals surface area (Å²) in [6.07, 6.45) is 0.867. The molecule has 0 spiro atoms. The van der Waals surface area contributed by atoms with E-state index in [1.54, 1.807) is 4.90 Å². The van der Waals surface area contributed by atoms with E-state index in [1.165, 1.54) is 16.0 Å². The lowest BCUT2D eigenvalue weighted by Gasteiger charge is -2.35. The van der Waals surface area contributed by atoms with Crippen LogP contribution in [0.25, 0.3) is 0 Å². The highest BCUT2D eigenvalue weighted by Gasteiger charge is 2.36. The minimum absolute atomic E-state index is 0.0308. The van der Waals surface area contributed by atoms with E-state index in [1.807, 2.05) is 45.0 Å². The predicted octanol–water partition coefficient (Wildman–Crippen LogP) is 1.80. The van der Waals surface area contributed by atoms with Gasteiger partial charge in [0.2, 0.25) is 5.91 Å². The molecule has 1 unspecified atom stereocenters. The number of para-hydroxylation sites is 2. The number of ether oxygens (including phenoxy) is 2. The molecule has 0 radical (unpaired) electrons. The first-order valence-electron chi connectivity index (χ1n) is 11.0. The second-order valence-corrected chi connectivity index (χ2v) is 7.98. The molecule has 0 aromatic heterocycles. The minimum atomic E-state index is -0.269. The second-order valence-electron chi connectivity index (χ2n) is 7.98.